The van der Waals surface area contributed by atoms with Gasteiger partial charge in [-0.2, -0.15) is 0 Å². The number of aromatic nitrogens is 2. The van der Waals surface area contributed by atoms with E-state index in [4.69, 9.17) is 20.4 Å². The molecule has 0 bridgehead atoms. The molecule has 0 atom stereocenters. The van der Waals surface area contributed by atoms with Crippen LogP contribution in [0.3, 0.4) is 0 Å². The molecule has 0 saturated carbocycles. The lowest BCUT2D eigenvalue weighted by atomic mass is 10.3. The Morgan fingerprint density at radius 2 is 0.500 bits per heavy atom. The summed E-state index contributed by atoms with van der Waals surface area (Å²) in [4.78, 5) is 8.24. The van der Waals surface area contributed by atoms with E-state index in [1.165, 1.54) is 0 Å². The second-order valence-corrected chi connectivity index (χ2v) is 7.39. The van der Waals surface area contributed by atoms with Gasteiger partial charge in [0.05, 0.1) is 11.0 Å². The highest BCUT2D eigenvalue weighted by atomic mass is 16.3. The summed E-state index contributed by atoms with van der Waals surface area (Å²) in [5.74, 6) is 1.29. The molecule has 0 unspecified atom stereocenters. The average Bonchev–Trinajstić information content (AvgIpc) is 2.96. The molecule has 4 N–H and O–H groups in total. The highest BCUT2D eigenvalue weighted by molar-refractivity contribution is 5.73. The number of benzene rings is 5. The molecular formula is C32H30N2O4. The first-order valence-corrected chi connectivity index (χ1v) is 11.7. The molecular weight excluding hydrogens is 476 g/mol. The third-order valence-corrected chi connectivity index (χ3v) is 4.40. The second-order valence-electron chi connectivity index (χ2n) is 7.39. The van der Waals surface area contributed by atoms with Crippen molar-refractivity contribution in [2.24, 2.45) is 0 Å². The van der Waals surface area contributed by atoms with Crippen molar-refractivity contribution in [1.29, 1.82) is 0 Å². The van der Waals surface area contributed by atoms with E-state index in [9.17, 15) is 0 Å². The van der Waals surface area contributed by atoms with Crippen molar-refractivity contribution in [1.82, 2.24) is 9.97 Å². The summed E-state index contributed by atoms with van der Waals surface area (Å²) >= 11 is 0. The molecule has 6 heteroatoms. The van der Waals surface area contributed by atoms with Crippen LogP contribution in [0.2, 0.25) is 0 Å². The number of fused-ring (bicyclic) bond motifs is 1. The van der Waals surface area contributed by atoms with Crippen molar-refractivity contribution in [2.45, 2.75) is 0 Å². The third-order valence-electron chi connectivity index (χ3n) is 4.40. The summed E-state index contributed by atoms with van der Waals surface area (Å²) in [7, 11) is 0. The van der Waals surface area contributed by atoms with E-state index in [1.54, 1.807) is 109 Å². The summed E-state index contributed by atoms with van der Waals surface area (Å²) < 4.78 is 0. The summed E-state index contributed by atoms with van der Waals surface area (Å²) in [6.07, 6.45) is 3.39. The molecule has 0 aliphatic rings. The van der Waals surface area contributed by atoms with Crippen LogP contribution in [0.4, 0.5) is 0 Å². The minimum absolute atomic E-state index is 0.322. The van der Waals surface area contributed by atoms with E-state index in [0.29, 0.717) is 23.0 Å². The predicted octanol–water partition coefficient (Wildman–Crippen LogP) is 7.20. The van der Waals surface area contributed by atoms with E-state index in [1.807, 2.05) is 48.5 Å². The molecule has 0 radical (unpaired) electrons. The van der Waals surface area contributed by atoms with E-state index in [-0.39, 0.29) is 0 Å². The Balaban J connectivity index is 0.000000168. The molecule has 1 heterocycles. The largest absolute Gasteiger partial charge is 0.508 e. The molecule has 0 aliphatic heterocycles. The maximum absolute atomic E-state index is 8.63. The maximum Gasteiger partial charge on any atom is 0.115 e. The van der Waals surface area contributed by atoms with Crippen molar-refractivity contribution in [2.75, 3.05) is 0 Å². The lowest BCUT2D eigenvalue weighted by molar-refractivity contribution is 0.475. The molecule has 0 amide bonds. The van der Waals surface area contributed by atoms with Crippen LogP contribution in [0.25, 0.3) is 11.0 Å². The van der Waals surface area contributed by atoms with Crippen molar-refractivity contribution in [3.63, 3.8) is 0 Å². The monoisotopic (exact) mass is 506 g/mol. The molecule has 0 fully saturated rings. The smallest absolute Gasteiger partial charge is 0.115 e. The fourth-order valence-electron chi connectivity index (χ4n) is 2.62. The Labute approximate surface area is 222 Å². The average molecular weight is 507 g/mol. The van der Waals surface area contributed by atoms with Crippen LogP contribution in [0.15, 0.2) is 158 Å². The highest BCUT2D eigenvalue weighted by Crippen LogP contribution is 2.06. The van der Waals surface area contributed by atoms with E-state index >= 15 is 0 Å². The molecule has 192 valence electrons. The highest BCUT2D eigenvalue weighted by Gasteiger charge is 1.88. The fraction of sp³-hybridized carbons (Fsp3) is 0. The number of hydrogen-bond donors (Lipinski definition) is 4. The SMILES string of the molecule is Oc1ccccc1.Oc1ccccc1.Oc1ccccc1.Oc1ccccc1.c1ccc2nccnc2c1. The first-order valence-electron chi connectivity index (χ1n) is 11.7. The first-order chi connectivity index (χ1) is 18.5. The second kappa shape index (κ2) is 18.0. The molecule has 0 saturated heterocycles. The van der Waals surface area contributed by atoms with Crippen LogP contribution >= 0.6 is 0 Å². The van der Waals surface area contributed by atoms with Crippen LogP contribution in [0, 0.1) is 0 Å². The van der Waals surface area contributed by atoms with Gasteiger partial charge in [0.1, 0.15) is 23.0 Å². The molecule has 6 nitrogen and oxygen atoms in total. The minimum atomic E-state index is 0.322. The van der Waals surface area contributed by atoms with Gasteiger partial charge in [-0.15, -0.1) is 0 Å². The van der Waals surface area contributed by atoms with Crippen molar-refractivity contribution in [3.05, 3.63) is 158 Å². The Kier molecular flexibility index (Phi) is 13.7. The molecule has 6 rings (SSSR count). The first kappa shape index (κ1) is 28.9. The Hall–Kier alpha value is -5.36. The molecule has 0 spiro atoms. The normalized spacial score (nSPS) is 8.95. The number of phenolic OH excluding ortho intramolecular Hbond substituents is 4. The standard InChI is InChI=1S/C8H6N2.4C6H6O/c1-2-4-8-7(3-1)9-5-6-10-8;4*7-6-4-2-1-3-5-6/h1-6H;4*1-5,7H. The number of rotatable bonds is 0. The van der Waals surface area contributed by atoms with E-state index in [0.717, 1.165) is 11.0 Å². The van der Waals surface area contributed by atoms with Gasteiger partial charge in [-0.05, 0) is 60.7 Å². The zero-order valence-electron chi connectivity index (χ0n) is 20.7. The van der Waals surface area contributed by atoms with Crippen LogP contribution in [0.5, 0.6) is 23.0 Å². The summed E-state index contributed by atoms with van der Waals surface area (Å²) in [6, 6.07) is 42.7. The summed E-state index contributed by atoms with van der Waals surface area (Å²) in [6.45, 7) is 0. The number of aromatic hydroxyl groups is 4. The predicted molar refractivity (Wildman–Crippen MR) is 152 cm³/mol. The van der Waals surface area contributed by atoms with Crippen LogP contribution < -0.4 is 0 Å². The lowest BCUT2D eigenvalue weighted by Gasteiger charge is -1.90. The van der Waals surface area contributed by atoms with Crippen LogP contribution in [-0.4, -0.2) is 30.4 Å². The lowest BCUT2D eigenvalue weighted by Crippen LogP contribution is -1.78. The van der Waals surface area contributed by atoms with Crippen LogP contribution in [-0.2, 0) is 0 Å². The van der Waals surface area contributed by atoms with Gasteiger partial charge >= 0.3 is 0 Å². The fourth-order valence-corrected chi connectivity index (χ4v) is 2.62. The molecule has 6 aromatic rings. The number of nitrogens with zero attached hydrogens (tertiary/aromatic N) is 2. The number of phenols is 4. The van der Waals surface area contributed by atoms with Gasteiger partial charge in [0, 0.05) is 12.4 Å². The molecule has 5 aromatic carbocycles. The minimum Gasteiger partial charge on any atom is -0.508 e. The Morgan fingerprint density at radius 3 is 0.684 bits per heavy atom. The Bertz CT molecular complexity index is 1170. The van der Waals surface area contributed by atoms with E-state index < -0.39 is 0 Å². The summed E-state index contributed by atoms with van der Waals surface area (Å²) in [5, 5.41) is 34.5. The Morgan fingerprint density at radius 1 is 0.289 bits per heavy atom. The van der Waals surface area contributed by atoms with Gasteiger partial charge in [-0.3, -0.25) is 9.97 Å². The maximum atomic E-state index is 8.63. The zero-order chi connectivity index (χ0) is 27.3. The van der Waals surface area contributed by atoms with Gasteiger partial charge in [-0.1, -0.05) is 84.9 Å². The van der Waals surface area contributed by atoms with Gasteiger partial charge in [0.25, 0.3) is 0 Å². The third kappa shape index (κ3) is 13.5. The number of para-hydroxylation sites is 6. The van der Waals surface area contributed by atoms with Crippen LogP contribution in [0.1, 0.15) is 0 Å². The van der Waals surface area contributed by atoms with Crippen molar-refractivity contribution < 1.29 is 20.4 Å². The quantitative estimate of drug-likeness (QED) is 0.174. The van der Waals surface area contributed by atoms with Crippen molar-refractivity contribution >= 4 is 11.0 Å². The zero-order valence-corrected chi connectivity index (χ0v) is 20.7. The van der Waals surface area contributed by atoms with Gasteiger partial charge in [0.2, 0.25) is 0 Å². The molecule has 0 aliphatic carbocycles. The molecule has 38 heavy (non-hydrogen) atoms. The summed E-state index contributed by atoms with van der Waals surface area (Å²) in [5.41, 5.74) is 1.90. The molecule has 1 aromatic heterocycles. The number of hydrogen-bond acceptors (Lipinski definition) is 6. The van der Waals surface area contributed by atoms with Crippen molar-refractivity contribution in [3.8, 4) is 23.0 Å². The van der Waals surface area contributed by atoms with Gasteiger partial charge in [-0.25, -0.2) is 0 Å². The van der Waals surface area contributed by atoms with Gasteiger partial charge < -0.3 is 20.4 Å². The topological polar surface area (TPSA) is 107 Å². The van der Waals surface area contributed by atoms with Gasteiger partial charge in [0.15, 0.2) is 0 Å². The van der Waals surface area contributed by atoms with E-state index in [2.05, 4.69) is 9.97 Å².